The molecule has 1 aliphatic heterocycles. The standard InChI is InChI=1S/C25H22F3N3O6/c1-2-17(20(32)25(26,27)28)29-13-18(24(36)37)30-21(33)19(12-14-8-4-3-5-9-14)31-22(34)15-10-6-7-11-16(15)23(31)35/h2-11,17-19,29H,1,12-13H2,(H,30,33)(H,36,37). The summed E-state index contributed by atoms with van der Waals surface area (Å²) in [5.41, 5.74) is 0.718. The van der Waals surface area contributed by atoms with Crippen molar-refractivity contribution < 1.29 is 42.3 Å². The van der Waals surface area contributed by atoms with Gasteiger partial charge in [0.2, 0.25) is 5.91 Å². The van der Waals surface area contributed by atoms with Crippen LogP contribution < -0.4 is 10.6 Å². The number of rotatable bonds is 11. The third-order valence-corrected chi connectivity index (χ3v) is 5.67. The van der Waals surface area contributed by atoms with Gasteiger partial charge in [-0.3, -0.25) is 24.1 Å². The number of carbonyl (C=O) groups excluding carboxylic acids is 4. The predicted octanol–water partition coefficient (Wildman–Crippen LogP) is 1.74. The molecule has 3 atom stereocenters. The number of imide groups is 1. The SMILES string of the molecule is C=CC(NCC(NC(=O)C(Cc1ccccc1)N1C(=O)c2ccccc2C1=O)C(=O)O)C(=O)C(F)(F)F. The van der Waals surface area contributed by atoms with E-state index in [0.29, 0.717) is 11.6 Å². The van der Waals surface area contributed by atoms with Crippen molar-refractivity contribution in [3.63, 3.8) is 0 Å². The Bertz CT molecular complexity index is 1200. The van der Waals surface area contributed by atoms with Crippen molar-refractivity contribution in [1.82, 2.24) is 15.5 Å². The van der Waals surface area contributed by atoms with Gasteiger partial charge in [0, 0.05) is 13.0 Å². The van der Waals surface area contributed by atoms with Crippen molar-refractivity contribution in [2.45, 2.75) is 30.7 Å². The molecule has 3 unspecified atom stereocenters. The highest BCUT2D eigenvalue weighted by Gasteiger charge is 2.44. The molecular weight excluding hydrogens is 495 g/mol. The van der Waals surface area contributed by atoms with E-state index in [1.165, 1.54) is 12.1 Å². The smallest absolute Gasteiger partial charge is 0.452 e. The second-order valence-corrected chi connectivity index (χ2v) is 8.11. The fourth-order valence-electron chi connectivity index (χ4n) is 3.80. The molecular formula is C25H22F3N3O6. The van der Waals surface area contributed by atoms with Gasteiger partial charge in [-0.25, -0.2) is 4.79 Å². The maximum atomic E-state index is 13.3. The lowest BCUT2D eigenvalue weighted by Crippen LogP contribution is -2.57. The Balaban J connectivity index is 1.85. The molecule has 194 valence electrons. The van der Waals surface area contributed by atoms with Gasteiger partial charge in [-0.1, -0.05) is 48.5 Å². The summed E-state index contributed by atoms with van der Waals surface area (Å²) in [4.78, 5) is 63.3. The predicted molar refractivity (Wildman–Crippen MR) is 123 cm³/mol. The van der Waals surface area contributed by atoms with Crippen LogP contribution in [0.2, 0.25) is 0 Å². The molecule has 0 saturated carbocycles. The first-order chi connectivity index (χ1) is 17.5. The Morgan fingerprint density at radius 1 is 0.973 bits per heavy atom. The first-order valence-electron chi connectivity index (χ1n) is 11.0. The summed E-state index contributed by atoms with van der Waals surface area (Å²) in [6, 6.07) is 9.06. The highest BCUT2D eigenvalue weighted by molar-refractivity contribution is 6.22. The second kappa shape index (κ2) is 11.2. The molecule has 1 aliphatic rings. The van der Waals surface area contributed by atoms with Crippen LogP contribution in [0.1, 0.15) is 26.3 Å². The van der Waals surface area contributed by atoms with Crippen molar-refractivity contribution in [2.24, 2.45) is 0 Å². The van der Waals surface area contributed by atoms with Gasteiger partial charge < -0.3 is 15.7 Å². The van der Waals surface area contributed by atoms with E-state index in [9.17, 15) is 42.3 Å². The van der Waals surface area contributed by atoms with Gasteiger partial charge in [0.25, 0.3) is 17.6 Å². The molecule has 9 nitrogen and oxygen atoms in total. The summed E-state index contributed by atoms with van der Waals surface area (Å²) in [5, 5.41) is 13.8. The summed E-state index contributed by atoms with van der Waals surface area (Å²) >= 11 is 0. The van der Waals surface area contributed by atoms with Gasteiger partial charge in [0.15, 0.2) is 0 Å². The van der Waals surface area contributed by atoms with Crippen molar-refractivity contribution >= 4 is 29.5 Å². The molecule has 1 heterocycles. The number of carbonyl (C=O) groups is 5. The number of carboxylic acid groups (broad SMARTS) is 1. The van der Waals surface area contributed by atoms with E-state index in [2.05, 4.69) is 17.2 Å². The summed E-state index contributed by atoms with van der Waals surface area (Å²) in [5.74, 6) is -6.33. The second-order valence-electron chi connectivity index (χ2n) is 8.11. The van der Waals surface area contributed by atoms with Crippen LogP contribution in [-0.2, 0) is 20.8 Å². The molecule has 3 amide bonds. The maximum Gasteiger partial charge on any atom is 0.452 e. The van der Waals surface area contributed by atoms with Crippen molar-refractivity contribution in [3.05, 3.63) is 83.9 Å². The van der Waals surface area contributed by atoms with Crippen LogP contribution >= 0.6 is 0 Å². The summed E-state index contributed by atoms with van der Waals surface area (Å²) in [6.07, 6.45) is -4.69. The quantitative estimate of drug-likeness (QED) is 0.306. The summed E-state index contributed by atoms with van der Waals surface area (Å²) in [6.45, 7) is 2.37. The minimum atomic E-state index is -5.19. The number of Topliss-reactive ketones (excluding diaryl/α,β-unsaturated/α-hetero) is 1. The van der Waals surface area contributed by atoms with Crippen LogP contribution in [0.5, 0.6) is 0 Å². The molecule has 12 heteroatoms. The fourth-order valence-corrected chi connectivity index (χ4v) is 3.80. The van der Waals surface area contributed by atoms with Crippen LogP contribution in [0.15, 0.2) is 67.3 Å². The Morgan fingerprint density at radius 3 is 2.00 bits per heavy atom. The fraction of sp³-hybridized carbons (Fsp3) is 0.240. The topological polar surface area (TPSA) is 133 Å². The lowest BCUT2D eigenvalue weighted by atomic mass is 10.0. The number of ketones is 1. The van der Waals surface area contributed by atoms with Gasteiger partial charge >= 0.3 is 12.1 Å². The molecule has 3 N–H and O–H groups in total. The van der Waals surface area contributed by atoms with Crippen molar-refractivity contribution in [1.29, 1.82) is 0 Å². The number of benzene rings is 2. The van der Waals surface area contributed by atoms with E-state index in [-0.39, 0.29) is 17.5 Å². The molecule has 2 aromatic carbocycles. The Kier molecular flexibility index (Phi) is 8.23. The molecule has 37 heavy (non-hydrogen) atoms. The number of halogens is 3. The first kappa shape index (κ1) is 27.3. The number of aliphatic carboxylic acids is 1. The average Bonchev–Trinajstić information content (AvgIpc) is 3.11. The van der Waals surface area contributed by atoms with Gasteiger partial charge in [-0.2, -0.15) is 13.2 Å². The van der Waals surface area contributed by atoms with Crippen LogP contribution in [-0.4, -0.2) is 70.3 Å². The van der Waals surface area contributed by atoms with Gasteiger partial charge in [0.05, 0.1) is 17.2 Å². The van der Waals surface area contributed by atoms with Crippen LogP contribution in [0.3, 0.4) is 0 Å². The molecule has 0 fully saturated rings. The van der Waals surface area contributed by atoms with Crippen molar-refractivity contribution in [2.75, 3.05) is 6.54 Å². The van der Waals surface area contributed by atoms with Crippen LogP contribution in [0.25, 0.3) is 0 Å². The van der Waals surface area contributed by atoms with E-state index < -0.39 is 60.3 Å². The molecule has 0 aromatic heterocycles. The average molecular weight is 517 g/mol. The third-order valence-electron chi connectivity index (χ3n) is 5.67. The van der Waals surface area contributed by atoms with Crippen LogP contribution in [0.4, 0.5) is 13.2 Å². The van der Waals surface area contributed by atoms with E-state index in [1.54, 1.807) is 42.5 Å². The number of alkyl halides is 3. The lowest BCUT2D eigenvalue weighted by Gasteiger charge is -2.27. The number of hydrogen-bond donors (Lipinski definition) is 3. The summed E-state index contributed by atoms with van der Waals surface area (Å²) < 4.78 is 38.3. The van der Waals surface area contributed by atoms with Gasteiger partial charge in [0.1, 0.15) is 12.1 Å². The monoisotopic (exact) mass is 517 g/mol. The molecule has 0 saturated heterocycles. The van der Waals surface area contributed by atoms with Gasteiger partial charge in [-0.05, 0) is 17.7 Å². The molecule has 0 bridgehead atoms. The third kappa shape index (κ3) is 6.09. The zero-order valence-corrected chi connectivity index (χ0v) is 19.2. The minimum Gasteiger partial charge on any atom is -0.480 e. The lowest BCUT2D eigenvalue weighted by molar-refractivity contribution is -0.172. The van der Waals surface area contributed by atoms with E-state index in [0.717, 1.165) is 4.90 Å². The normalized spacial score (nSPS) is 15.5. The van der Waals surface area contributed by atoms with E-state index in [4.69, 9.17) is 0 Å². The largest absolute Gasteiger partial charge is 0.480 e. The molecule has 3 rings (SSSR count). The van der Waals surface area contributed by atoms with E-state index in [1.807, 2.05) is 0 Å². The van der Waals surface area contributed by atoms with E-state index >= 15 is 0 Å². The Morgan fingerprint density at radius 2 is 1.51 bits per heavy atom. The number of carboxylic acids is 1. The Labute approximate surface area is 208 Å². The zero-order chi connectivity index (χ0) is 27.3. The summed E-state index contributed by atoms with van der Waals surface area (Å²) in [7, 11) is 0. The van der Waals surface area contributed by atoms with Crippen molar-refractivity contribution in [3.8, 4) is 0 Å². The maximum absolute atomic E-state index is 13.3. The number of nitrogens with one attached hydrogen (secondary N) is 2. The highest BCUT2D eigenvalue weighted by Crippen LogP contribution is 2.26. The molecule has 2 aromatic rings. The highest BCUT2D eigenvalue weighted by atomic mass is 19.4. The molecule has 0 spiro atoms. The number of fused-ring (bicyclic) bond motifs is 1. The number of amides is 3. The number of hydrogen-bond acceptors (Lipinski definition) is 6. The van der Waals surface area contributed by atoms with Gasteiger partial charge in [-0.15, -0.1) is 6.58 Å². The Hall–Kier alpha value is -4.32. The molecule has 0 radical (unpaired) electrons. The minimum absolute atomic E-state index is 0.0781. The van der Waals surface area contributed by atoms with Crippen LogP contribution in [0, 0.1) is 0 Å². The zero-order valence-electron chi connectivity index (χ0n) is 19.2. The first-order valence-corrected chi connectivity index (χ1v) is 11.0. The number of nitrogens with zero attached hydrogens (tertiary/aromatic N) is 1. The molecule has 0 aliphatic carbocycles.